The number of hydrogen-bond acceptors (Lipinski definition) is 6. The second kappa shape index (κ2) is 9.21. The molecule has 1 aliphatic rings. The minimum absolute atomic E-state index is 0.290. The van der Waals surface area contributed by atoms with Crippen LogP contribution in [0.15, 0.2) is 30.3 Å². The topological polar surface area (TPSA) is 106 Å². The van der Waals surface area contributed by atoms with Crippen LogP contribution in [-0.4, -0.2) is 68.1 Å². The van der Waals surface area contributed by atoms with E-state index in [1.807, 2.05) is 30.3 Å². The SMILES string of the molecule is COC1[C@H](OCc2ccccc2)C(CO)O[C@@H](OC)[C@H]1NP(C)(=O)O. The summed E-state index contributed by atoms with van der Waals surface area (Å²) in [6.45, 7) is 1.18. The lowest BCUT2D eigenvalue weighted by molar-refractivity contribution is -0.275. The van der Waals surface area contributed by atoms with Crippen molar-refractivity contribution in [2.75, 3.05) is 27.5 Å². The van der Waals surface area contributed by atoms with Gasteiger partial charge in [-0.3, -0.25) is 4.57 Å². The van der Waals surface area contributed by atoms with Crippen molar-refractivity contribution in [2.45, 2.75) is 37.3 Å². The standard InChI is InChI=1S/C16H26NO7P/c1-21-15-13(17-25(3,19)20)16(22-2)24-12(9-18)14(15)23-10-11-7-5-4-6-8-11/h4-8,12-16,18H,9-10H2,1-3H3,(H2,17,19,20)/t12?,13-,14+,15?,16+/m0/s1. The summed E-state index contributed by atoms with van der Waals surface area (Å²) >= 11 is 0. The predicted molar refractivity (Wildman–Crippen MR) is 91.2 cm³/mol. The van der Waals surface area contributed by atoms with Gasteiger partial charge in [0.05, 0.1) is 19.3 Å². The average Bonchev–Trinajstić information content (AvgIpc) is 2.59. The van der Waals surface area contributed by atoms with Crippen molar-refractivity contribution in [3.8, 4) is 0 Å². The maximum atomic E-state index is 11.8. The normalized spacial score (nSPS) is 32.3. The molecule has 0 bridgehead atoms. The van der Waals surface area contributed by atoms with Gasteiger partial charge in [-0.25, -0.2) is 5.09 Å². The monoisotopic (exact) mass is 375 g/mol. The first-order chi connectivity index (χ1) is 11.9. The number of rotatable bonds is 8. The van der Waals surface area contributed by atoms with Crippen molar-refractivity contribution in [3.05, 3.63) is 35.9 Å². The van der Waals surface area contributed by atoms with Crippen molar-refractivity contribution >= 4 is 7.52 Å². The molecular formula is C16H26NO7P. The van der Waals surface area contributed by atoms with Crippen LogP contribution in [0.25, 0.3) is 0 Å². The molecule has 0 spiro atoms. The Morgan fingerprint density at radius 1 is 1.20 bits per heavy atom. The highest BCUT2D eigenvalue weighted by atomic mass is 31.2. The van der Waals surface area contributed by atoms with E-state index < -0.39 is 38.2 Å². The van der Waals surface area contributed by atoms with Gasteiger partial charge in [0.25, 0.3) is 7.52 Å². The third-order valence-electron chi connectivity index (χ3n) is 4.00. The van der Waals surface area contributed by atoms with E-state index in [-0.39, 0.29) is 6.61 Å². The van der Waals surface area contributed by atoms with Gasteiger partial charge in [0.15, 0.2) is 6.29 Å². The zero-order chi connectivity index (χ0) is 18.4. The van der Waals surface area contributed by atoms with Crippen molar-refractivity contribution in [1.82, 2.24) is 5.09 Å². The second-order valence-electron chi connectivity index (χ2n) is 5.96. The van der Waals surface area contributed by atoms with Crippen molar-refractivity contribution in [3.63, 3.8) is 0 Å². The van der Waals surface area contributed by atoms with E-state index in [1.54, 1.807) is 0 Å². The van der Waals surface area contributed by atoms with Gasteiger partial charge in [-0.1, -0.05) is 30.3 Å². The molecule has 0 radical (unpaired) electrons. The summed E-state index contributed by atoms with van der Waals surface area (Å²) in [6.07, 6.45) is -2.85. The third-order valence-corrected chi connectivity index (χ3v) is 4.78. The third kappa shape index (κ3) is 5.57. The molecule has 0 aliphatic carbocycles. The molecule has 3 N–H and O–H groups in total. The van der Waals surface area contributed by atoms with Crippen LogP contribution in [0, 0.1) is 0 Å². The Morgan fingerprint density at radius 3 is 2.40 bits per heavy atom. The molecular weight excluding hydrogens is 349 g/mol. The van der Waals surface area contributed by atoms with Crippen LogP contribution in [0.2, 0.25) is 0 Å². The molecule has 1 aromatic carbocycles. The molecule has 0 aromatic heterocycles. The Balaban J connectivity index is 2.19. The molecule has 8 nitrogen and oxygen atoms in total. The van der Waals surface area contributed by atoms with Crippen LogP contribution >= 0.6 is 7.52 Å². The van der Waals surface area contributed by atoms with Gasteiger partial charge < -0.3 is 28.9 Å². The van der Waals surface area contributed by atoms with Crippen LogP contribution in [-0.2, 0) is 30.1 Å². The first-order valence-corrected chi connectivity index (χ1v) is 10.1. The van der Waals surface area contributed by atoms with E-state index in [0.717, 1.165) is 5.56 Å². The van der Waals surface area contributed by atoms with Crippen molar-refractivity contribution in [2.24, 2.45) is 0 Å². The van der Waals surface area contributed by atoms with Gasteiger partial charge in [-0.2, -0.15) is 0 Å². The highest BCUT2D eigenvalue weighted by Crippen LogP contribution is 2.35. The number of benzene rings is 1. The molecule has 1 saturated heterocycles. The number of ether oxygens (including phenoxy) is 4. The lowest BCUT2D eigenvalue weighted by Gasteiger charge is -2.45. The highest BCUT2D eigenvalue weighted by molar-refractivity contribution is 7.55. The summed E-state index contributed by atoms with van der Waals surface area (Å²) in [5.74, 6) is 0. The van der Waals surface area contributed by atoms with E-state index in [1.165, 1.54) is 20.9 Å². The Bertz CT molecular complexity index is 567. The summed E-state index contributed by atoms with van der Waals surface area (Å²) in [5, 5.41) is 12.3. The van der Waals surface area contributed by atoms with E-state index in [2.05, 4.69) is 5.09 Å². The lowest BCUT2D eigenvalue weighted by atomic mass is 9.97. The molecule has 0 amide bonds. The molecule has 1 aromatic rings. The summed E-state index contributed by atoms with van der Waals surface area (Å²) < 4.78 is 34.3. The zero-order valence-corrected chi connectivity index (χ0v) is 15.5. The first kappa shape index (κ1) is 20.5. The average molecular weight is 375 g/mol. The van der Waals surface area contributed by atoms with Crippen LogP contribution in [0.3, 0.4) is 0 Å². The van der Waals surface area contributed by atoms with E-state index in [0.29, 0.717) is 6.61 Å². The fraction of sp³-hybridized carbons (Fsp3) is 0.625. The fourth-order valence-corrected chi connectivity index (χ4v) is 3.74. The molecule has 0 saturated carbocycles. The lowest BCUT2D eigenvalue weighted by Crippen LogP contribution is -2.64. The van der Waals surface area contributed by atoms with Crippen molar-refractivity contribution < 1.29 is 33.5 Å². The number of methoxy groups -OCH3 is 2. The van der Waals surface area contributed by atoms with Crippen LogP contribution < -0.4 is 5.09 Å². The van der Waals surface area contributed by atoms with Crippen LogP contribution in [0.1, 0.15) is 5.56 Å². The van der Waals surface area contributed by atoms with Crippen molar-refractivity contribution in [1.29, 1.82) is 0 Å². The van der Waals surface area contributed by atoms with Gasteiger partial charge in [-0.05, 0) is 5.56 Å². The highest BCUT2D eigenvalue weighted by Gasteiger charge is 2.48. The number of hydrogen-bond donors (Lipinski definition) is 3. The van der Waals surface area contributed by atoms with Gasteiger partial charge in [0.1, 0.15) is 18.3 Å². The number of aliphatic hydroxyl groups excluding tert-OH is 1. The quantitative estimate of drug-likeness (QED) is 0.571. The number of nitrogens with one attached hydrogen (secondary N) is 1. The Kier molecular flexibility index (Phi) is 7.54. The zero-order valence-electron chi connectivity index (χ0n) is 14.6. The van der Waals surface area contributed by atoms with Gasteiger partial charge in [0.2, 0.25) is 0 Å². The molecule has 2 rings (SSSR count). The summed E-state index contributed by atoms with van der Waals surface area (Å²) in [5.41, 5.74) is 0.954. The predicted octanol–water partition coefficient (Wildman–Crippen LogP) is 0.724. The second-order valence-corrected chi connectivity index (χ2v) is 7.97. The molecule has 1 heterocycles. The van der Waals surface area contributed by atoms with Crippen LogP contribution in [0.5, 0.6) is 0 Å². The van der Waals surface area contributed by atoms with E-state index in [4.69, 9.17) is 18.9 Å². The molecule has 9 heteroatoms. The summed E-state index contributed by atoms with van der Waals surface area (Å²) in [6, 6.07) is 8.81. The Morgan fingerprint density at radius 2 is 1.88 bits per heavy atom. The molecule has 1 fully saturated rings. The first-order valence-electron chi connectivity index (χ1n) is 7.95. The van der Waals surface area contributed by atoms with E-state index >= 15 is 0 Å². The van der Waals surface area contributed by atoms with Gasteiger partial charge in [0, 0.05) is 20.9 Å². The minimum atomic E-state index is -3.58. The molecule has 25 heavy (non-hydrogen) atoms. The van der Waals surface area contributed by atoms with Gasteiger partial charge >= 0.3 is 0 Å². The fourth-order valence-electron chi connectivity index (χ4n) is 2.91. The Hall–Kier alpha value is -0.830. The van der Waals surface area contributed by atoms with Gasteiger partial charge in [-0.15, -0.1) is 0 Å². The summed E-state index contributed by atoms with van der Waals surface area (Å²) in [4.78, 5) is 9.70. The largest absolute Gasteiger partial charge is 0.394 e. The molecule has 3 unspecified atom stereocenters. The Labute approximate surface area is 147 Å². The van der Waals surface area contributed by atoms with E-state index in [9.17, 15) is 14.6 Å². The maximum absolute atomic E-state index is 11.8. The van der Waals surface area contributed by atoms with Crippen LogP contribution in [0.4, 0.5) is 0 Å². The maximum Gasteiger partial charge on any atom is 0.264 e. The summed E-state index contributed by atoms with van der Waals surface area (Å²) in [7, 11) is -0.680. The minimum Gasteiger partial charge on any atom is -0.394 e. The smallest absolute Gasteiger partial charge is 0.264 e. The molecule has 6 atom stereocenters. The molecule has 1 aliphatic heterocycles. The number of aliphatic hydroxyl groups is 1. The molecule has 142 valence electrons.